The molecular weight excluding hydrogens is 262 g/mol. The standard InChI is InChI=1S/C15H12F2N2O/c1-9-3-4-14(20-2)13(5-9)19-15-11(16)6-10(8-18)7-12(15)17/h3-7,19H,1-2H3. The summed E-state index contributed by atoms with van der Waals surface area (Å²) in [4.78, 5) is 0. The number of ether oxygens (including phenoxy) is 1. The third-order valence-corrected chi connectivity index (χ3v) is 2.79. The Morgan fingerprint density at radius 1 is 1.15 bits per heavy atom. The van der Waals surface area contributed by atoms with Gasteiger partial charge in [-0.2, -0.15) is 5.26 Å². The van der Waals surface area contributed by atoms with Crippen molar-refractivity contribution >= 4 is 11.4 Å². The molecule has 0 aliphatic rings. The number of anilines is 2. The fourth-order valence-corrected chi connectivity index (χ4v) is 1.81. The predicted octanol–water partition coefficient (Wildman–Crippen LogP) is 3.90. The number of nitrogens with one attached hydrogen (secondary N) is 1. The van der Waals surface area contributed by atoms with Gasteiger partial charge in [-0.05, 0) is 36.8 Å². The van der Waals surface area contributed by atoms with Crippen molar-refractivity contribution in [1.29, 1.82) is 5.26 Å². The van der Waals surface area contributed by atoms with Gasteiger partial charge in [0, 0.05) is 0 Å². The van der Waals surface area contributed by atoms with Crippen LogP contribution in [0.5, 0.6) is 5.75 Å². The van der Waals surface area contributed by atoms with Gasteiger partial charge < -0.3 is 10.1 Å². The van der Waals surface area contributed by atoms with Crippen LogP contribution in [0.1, 0.15) is 11.1 Å². The van der Waals surface area contributed by atoms with E-state index in [1.165, 1.54) is 7.11 Å². The van der Waals surface area contributed by atoms with E-state index in [1.807, 2.05) is 13.0 Å². The molecule has 2 aromatic carbocycles. The van der Waals surface area contributed by atoms with E-state index in [9.17, 15) is 8.78 Å². The highest BCUT2D eigenvalue weighted by molar-refractivity contribution is 5.68. The summed E-state index contributed by atoms with van der Waals surface area (Å²) >= 11 is 0. The van der Waals surface area contributed by atoms with Gasteiger partial charge in [0.1, 0.15) is 11.4 Å². The van der Waals surface area contributed by atoms with Crippen molar-refractivity contribution in [2.45, 2.75) is 6.92 Å². The molecule has 0 amide bonds. The summed E-state index contributed by atoms with van der Waals surface area (Å²) in [5.74, 6) is -1.19. The monoisotopic (exact) mass is 274 g/mol. The van der Waals surface area contributed by atoms with E-state index in [4.69, 9.17) is 10.00 Å². The van der Waals surface area contributed by atoms with E-state index in [-0.39, 0.29) is 11.3 Å². The second-order valence-electron chi connectivity index (χ2n) is 4.26. The van der Waals surface area contributed by atoms with Crippen molar-refractivity contribution in [3.05, 3.63) is 53.1 Å². The van der Waals surface area contributed by atoms with E-state index in [0.29, 0.717) is 11.4 Å². The van der Waals surface area contributed by atoms with Crippen molar-refractivity contribution in [1.82, 2.24) is 0 Å². The molecule has 5 heteroatoms. The highest BCUT2D eigenvalue weighted by Gasteiger charge is 2.13. The van der Waals surface area contributed by atoms with Gasteiger partial charge in [-0.1, -0.05) is 6.07 Å². The smallest absolute Gasteiger partial charge is 0.150 e. The minimum atomic E-state index is -0.829. The normalized spacial score (nSPS) is 9.95. The molecule has 2 aromatic rings. The van der Waals surface area contributed by atoms with Gasteiger partial charge in [0.15, 0.2) is 11.6 Å². The number of nitrogens with zero attached hydrogens (tertiary/aromatic N) is 1. The average molecular weight is 274 g/mol. The van der Waals surface area contributed by atoms with E-state index >= 15 is 0 Å². The first-order chi connectivity index (χ1) is 9.55. The van der Waals surface area contributed by atoms with Crippen LogP contribution in [0.15, 0.2) is 30.3 Å². The Hall–Kier alpha value is -2.61. The maximum Gasteiger partial charge on any atom is 0.150 e. The fourth-order valence-electron chi connectivity index (χ4n) is 1.81. The Morgan fingerprint density at radius 2 is 1.80 bits per heavy atom. The summed E-state index contributed by atoms with van der Waals surface area (Å²) in [7, 11) is 1.47. The lowest BCUT2D eigenvalue weighted by atomic mass is 10.1. The summed E-state index contributed by atoms with van der Waals surface area (Å²) < 4.78 is 32.8. The first-order valence-electron chi connectivity index (χ1n) is 5.86. The van der Waals surface area contributed by atoms with Gasteiger partial charge in [-0.3, -0.25) is 0 Å². The molecule has 0 aliphatic heterocycles. The van der Waals surface area contributed by atoms with Gasteiger partial charge in [0.2, 0.25) is 0 Å². The van der Waals surface area contributed by atoms with Crippen molar-refractivity contribution in [2.75, 3.05) is 12.4 Å². The minimum Gasteiger partial charge on any atom is -0.495 e. The Bertz CT molecular complexity index is 670. The fraction of sp³-hybridized carbons (Fsp3) is 0.133. The maximum absolute atomic E-state index is 13.8. The molecule has 0 unspecified atom stereocenters. The molecule has 0 saturated heterocycles. The molecule has 2 rings (SSSR count). The summed E-state index contributed by atoms with van der Waals surface area (Å²) in [6, 6.07) is 8.91. The molecule has 0 spiro atoms. The minimum absolute atomic E-state index is 0.0678. The van der Waals surface area contributed by atoms with Gasteiger partial charge in [-0.25, -0.2) is 8.78 Å². The van der Waals surface area contributed by atoms with E-state index in [2.05, 4.69) is 5.32 Å². The zero-order valence-electron chi connectivity index (χ0n) is 11.0. The SMILES string of the molecule is COc1ccc(C)cc1Nc1c(F)cc(C#N)cc1F. The van der Waals surface area contributed by atoms with Crippen LogP contribution in [-0.4, -0.2) is 7.11 Å². The first-order valence-corrected chi connectivity index (χ1v) is 5.86. The molecule has 0 fully saturated rings. The lowest BCUT2D eigenvalue weighted by molar-refractivity contribution is 0.416. The summed E-state index contributed by atoms with van der Waals surface area (Å²) in [6.07, 6.45) is 0. The average Bonchev–Trinajstić information content (AvgIpc) is 2.42. The number of halogens is 2. The van der Waals surface area contributed by atoms with E-state index in [1.54, 1.807) is 18.2 Å². The topological polar surface area (TPSA) is 45.0 Å². The van der Waals surface area contributed by atoms with Crippen molar-refractivity contribution < 1.29 is 13.5 Å². The molecule has 102 valence electrons. The maximum atomic E-state index is 13.8. The number of methoxy groups -OCH3 is 1. The number of aryl methyl sites for hydroxylation is 1. The largest absolute Gasteiger partial charge is 0.495 e. The Balaban J connectivity index is 2.45. The zero-order valence-corrected chi connectivity index (χ0v) is 11.0. The molecular formula is C15H12F2N2O. The lowest BCUT2D eigenvalue weighted by Crippen LogP contribution is -2.01. The van der Waals surface area contributed by atoms with Gasteiger partial charge in [0.05, 0.1) is 24.4 Å². The van der Waals surface area contributed by atoms with Crippen molar-refractivity contribution in [3.8, 4) is 11.8 Å². The second-order valence-corrected chi connectivity index (χ2v) is 4.26. The summed E-state index contributed by atoms with van der Waals surface area (Å²) in [5.41, 5.74) is 0.993. The highest BCUT2D eigenvalue weighted by Crippen LogP contribution is 2.31. The number of hydrogen-bond donors (Lipinski definition) is 1. The van der Waals surface area contributed by atoms with E-state index in [0.717, 1.165) is 17.7 Å². The Kier molecular flexibility index (Phi) is 3.85. The van der Waals surface area contributed by atoms with Crippen LogP contribution in [0.3, 0.4) is 0 Å². The second kappa shape index (κ2) is 5.57. The molecule has 0 heterocycles. The molecule has 0 saturated carbocycles. The van der Waals surface area contributed by atoms with Crippen molar-refractivity contribution in [3.63, 3.8) is 0 Å². The van der Waals surface area contributed by atoms with Crippen LogP contribution in [0.4, 0.5) is 20.2 Å². The molecule has 0 aliphatic carbocycles. The van der Waals surface area contributed by atoms with Crippen LogP contribution in [0.25, 0.3) is 0 Å². The molecule has 20 heavy (non-hydrogen) atoms. The molecule has 0 bridgehead atoms. The third-order valence-electron chi connectivity index (χ3n) is 2.79. The number of rotatable bonds is 3. The van der Waals surface area contributed by atoms with Crippen LogP contribution in [-0.2, 0) is 0 Å². The van der Waals surface area contributed by atoms with E-state index < -0.39 is 11.6 Å². The molecule has 0 radical (unpaired) electrons. The van der Waals surface area contributed by atoms with Gasteiger partial charge in [0.25, 0.3) is 0 Å². The molecule has 0 aromatic heterocycles. The number of benzene rings is 2. The molecule has 0 atom stereocenters. The molecule has 1 N–H and O–H groups in total. The highest BCUT2D eigenvalue weighted by atomic mass is 19.1. The third kappa shape index (κ3) is 2.69. The summed E-state index contributed by atoms with van der Waals surface area (Å²) in [6.45, 7) is 1.86. The summed E-state index contributed by atoms with van der Waals surface area (Å²) in [5, 5.41) is 11.3. The van der Waals surface area contributed by atoms with Gasteiger partial charge in [-0.15, -0.1) is 0 Å². The van der Waals surface area contributed by atoms with Crippen molar-refractivity contribution in [2.24, 2.45) is 0 Å². The quantitative estimate of drug-likeness (QED) is 0.923. The Morgan fingerprint density at radius 3 is 2.35 bits per heavy atom. The first kappa shape index (κ1) is 13.8. The Labute approximate surface area is 115 Å². The van der Waals surface area contributed by atoms with Crippen LogP contribution in [0.2, 0.25) is 0 Å². The predicted molar refractivity (Wildman–Crippen MR) is 72.1 cm³/mol. The lowest BCUT2D eigenvalue weighted by Gasteiger charge is -2.13. The van der Waals surface area contributed by atoms with Crippen LogP contribution < -0.4 is 10.1 Å². The zero-order chi connectivity index (χ0) is 14.7. The van der Waals surface area contributed by atoms with Crippen LogP contribution >= 0.6 is 0 Å². The van der Waals surface area contributed by atoms with Crippen LogP contribution in [0, 0.1) is 29.9 Å². The van der Waals surface area contributed by atoms with Gasteiger partial charge >= 0.3 is 0 Å². The molecule has 3 nitrogen and oxygen atoms in total. The number of nitriles is 1. The number of hydrogen-bond acceptors (Lipinski definition) is 3.